The Morgan fingerprint density at radius 1 is 0.872 bits per heavy atom. The van der Waals surface area contributed by atoms with E-state index >= 15 is 0 Å². The van der Waals surface area contributed by atoms with Crippen LogP contribution in [0.1, 0.15) is 36.1 Å². The van der Waals surface area contributed by atoms with Crippen LogP contribution < -0.4 is 4.90 Å². The smallest absolute Gasteiger partial charge is 0.294 e. The van der Waals surface area contributed by atoms with Gasteiger partial charge in [-0.1, -0.05) is 54.6 Å². The molecule has 1 fully saturated rings. The number of carbonyl (C=O) groups is 1. The molecule has 0 aromatic heterocycles. The van der Waals surface area contributed by atoms with Crippen LogP contribution in [-0.2, 0) is 14.9 Å². The summed E-state index contributed by atoms with van der Waals surface area (Å²) in [5.74, 6) is -1.22. The highest BCUT2D eigenvalue weighted by molar-refractivity contribution is 7.85. The highest BCUT2D eigenvalue weighted by atomic mass is 32.2. The monoisotopic (exact) mass is 547 g/mol. The van der Waals surface area contributed by atoms with Gasteiger partial charge in [-0.2, -0.15) is 8.42 Å². The summed E-state index contributed by atoms with van der Waals surface area (Å²) in [7, 11) is -4.40. The molecule has 0 radical (unpaired) electrons. The molecule has 1 amide bonds. The Hall–Kier alpha value is -4.05. The summed E-state index contributed by atoms with van der Waals surface area (Å²) < 4.78 is 46.1. The molecule has 7 nitrogen and oxygen atoms in total. The van der Waals surface area contributed by atoms with E-state index in [0.29, 0.717) is 34.4 Å². The van der Waals surface area contributed by atoms with E-state index in [-0.39, 0.29) is 23.0 Å². The fraction of sp³-hybridized carbons (Fsp3) is 0.167. The number of anilines is 1. The number of phenolic OH excluding ortho intramolecular Hbond substituents is 1. The van der Waals surface area contributed by atoms with Crippen molar-refractivity contribution in [3.8, 4) is 16.9 Å². The zero-order valence-corrected chi connectivity index (χ0v) is 21.5. The van der Waals surface area contributed by atoms with E-state index in [0.717, 1.165) is 0 Å². The van der Waals surface area contributed by atoms with Crippen molar-refractivity contribution in [3.63, 3.8) is 0 Å². The average molecular weight is 548 g/mol. The van der Waals surface area contributed by atoms with Crippen LogP contribution in [0.15, 0.2) is 102 Å². The van der Waals surface area contributed by atoms with Crippen LogP contribution in [0.4, 0.5) is 10.1 Å². The van der Waals surface area contributed by atoms with Crippen molar-refractivity contribution >= 4 is 21.7 Å². The third-order valence-corrected chi connectivity index (χ3v) is 7.90. The fourth-order valence-electron chi connectivity index (χ4n) is 5.09. The normalized spacial score (nSPS) is 18.0. The molecule has 3 unspecified atom stereocenters. The summed E-state index contributed by atoms with van der Waals surface area (Å²) in [6.45, 7) is 0. The summed E-state index contributed by atoms with van der Waals surface area (Å²) in [6, 6.07) is 24.9. The number of amides is 1. The van der Waals surface area contributed by atoms with Gasteiger partial charge in [-0.3, -0.25) is 9.35 Å². The SMILES string of the molecule is O=C1C(CCC(O)c2cccc(F)c2)C(c2ccc(-c3cccc(S(=O)(=O)O)c3)cc2O)N1c1ccccc1. The molecule has 39 heavy (non-hydrogen) atoms. The van der Waals surface area contributed by atoms with Crippen LogP contribution in [0.5, 0.6) is 5.75 Å². The van der Waals surface area contributed by atoms with Crippen molar-refractivity contribution in [3.05, 3.63) is 114 Å². The number of β-lactam (4-membered cyclic amide) rings is 1. The summed E-state index contributed by atoms with van der Waals surface area (Å²) >= 11 is 0. The summed E-state index contributed by atoms with van der Waals surface area (Å²) in [5, 5.41) is 21.7. The molecule has 0 saturated carbocycles. The van der Waals surface area contributed by atoms with Gasteiger partial charge in [-0.25, -0.2) is 4.39 Å². The van der Waals surface area contributed by atoms with Crippen LogP contribution in [-0.4, -0.2) is 29.1 Å². The molecule has 0 aliphatic carbocycles. The van der Waals surface area contributed by atoms with Gasteiger partial charge in [0.05, 0.1) is 23.0 Å². The van der Waals surface area contributed by atoms with Crippen LogP contribution in [0.25, 0.3) is 11.1 Å². The lowest BCUT2D eigenvalue weighted by atomic mass is 9.77. The number of aromatic hydroxyl groups is 1. The number of rotatable bonds is 8. The number of carbonyl (C=O) groups excluding carboxylic acids is 1. The molecule has 4 aromatic rings. The molecule has 3 atom stereocenters. The fourth-order valence-corrected chi connectivity index (χ4v) is 5.62. The maximum absolute atomic E-state index is 13.6. The number of nitrogens with zero attached hydrogens (tertiary/aromatic N) is 1. The van der Waals surface area contributed by atoms with E-state index in [1.54, 1.807) is 41.3 Å². The zero-order valence-electron chi connectivity index (χ0n) is 20.7. The minimum absolute atomic E-state index is 0.0844. The van der Waals surface area contributed by atoms with E-state index in [1.165, 1.54) is 42.5 Å². The molecule has 1 saturated heterocycles. The van der Waals surface area contributed by atoms with Gasteiger partial charge in [0.25, 0.3) is 10.1 Å². The Bertz CT molecular complexity index is 1630. The molecule has 4 aromatic carbocycles. The van der Waals surface area contributed by atoms with Gasteiger partial charge >= 0.3 is 0 Å². The van der Waals surface area contributed by atoms with Gasteiger partial charge in [0, 0.05) is 11.3 Å². The molecule has 9 heteroatoms. The van der Waals surface area contributed by atoms with E-state index in [9.17, 15) is 32.4 Å². The Kier molecular flexibility index (Phi) is 7.22. The Balaban J connectivity index is 1.45. The van der Waals surface area contributed by atoms with Crippen LogP contribution in [0.3, 0.4) is 0 Å². The lowest BCUT2D eigenvalue weighted by Gasteiger charge is -2.48. The number of phenols is 1. The van der Waals surface area contributed by atoms with Gasteiger partial charge in [-0.15, -0.1) is 0 Å². The van der Waals surface area contributed by atoms with E-state index in [1.807, 2.05) is 18.2 Å². The first kappa shape index (κ1) is 26.6. The van der Waals surface area contributed by atoms with Crippen LogP contribution in [0.2, 0.25) is 0 Å². The van der Waals surface area contributed by atoms with Gasteiger partial charge in [0.15, 0.2) is 0 Å². The molecule has 1 aliphatic rings. The molecule has 1 aliphatic heterocycles. The van der Waals surface area contributed by atoms with Gasteiger partial charge in [0.2, 0.25) is 5.91 Å². The van der Waals surface area contributed by atoms with Crippen molar-refractivity contribution in [1.82, 2.24) is 0 Å². The predicted octanol–water partition coefficient (Wildman–Crippen LogP) is 5.66. The predicted molar refractivity (Wildman–Crippen MR) is 144 cm³/mol. The van der Waals surface area contributed by atoms with Gasteiger partial charge < -0.3 is 15.1 Å². The van der Waals surface area contributed by atoms with Crippen LogP contribution in [0, 0.1) is 11.7 Å². The molecule has 3 N–H and O–H groups in total. The second-order valence-corrected chi connectivity index (χ2v) is 10.9. The molecule has 0 spiro atoms. The van der Waals surface area contributed by atoms with E-state index < -0.39 is 34.0 Å². The number of aliphatic hydroxyl groups is 1. The van der Waals surface area contributed by atoms with Gasteiger partial charge in [0.1, 0.15) is 11.6 Å². The van der Waals surface area contributed by atoms with Gasteiger partial charge in [-0.05, 0) is 72.0 Å². The van der Waals surface area contributed by atoms with Crippen LogP contribution >= 0.6 is 0 Å². The first-order valence-corrected chi connectivity index (χ1v) is 13.8. The third kappa shape index (κ3) is 5.42. The number of halogens is 1. The zero-order chi connectivity index (χ0) is 27.7. The van der Waals surface area contributed by atoms with Crippen molar-refractivity contribution in [2.45, 2.75) is 29.9 Å². The molecule has 200 valence electrons. The van der Waals surface area contributed by atoms with Crippen molar-refractivity contribution in [2.75, 3.05) is 4.90 Å². The largest absolute Gasteiger partial charge is 0.508 e. The van der Waals surface area contributed by atoms with Crippen molar-refractivity contribution in [1.29, 1.82) is 0 Å². The van der Waals surface area contributed by atoms with Crippen molar-refractivity contribution in [2.24, 2.45) is 5.92 Å². The van der Waals surface area contributed by atoms with E-state index in [2.05, 4.69) is 0 Å². The second kappa shape index (κ2) is 10.6. The highest BCUT2D eigenvalue weighted by Crippen LogP contribution is 2.49. The maximum atomic E-state index is 13.6. The topological polar surface area (TPSA) is 115 Å². The molecule has 5 rings (SSSR count). The molecular formula is C30H26FNO6S. The summed E-state index contributed by atoms with van der Waals surface area (Å²) in [6.07, 6.45) is -0.423. The Morgan fingerprint density at radius 2 is 1.59 bits per heavy atom. The highest BCUT2D eigenvalue weighted by Gasteiger charge is 2.49. The minimum Gasteiger partial charge on any atom is -0.508 e. The second-order valence-electron chi connectivity index (χ2n) is 9.52. The minimum atomic E-state index is -4.40. The van der Waals surface area contributed by atoms with Crippen molar-refractivity contribution < 1.29 is 32.4 Å². The number of benzene rings is 4. The third-order valence-electron chi connectivity index (χ3n) is 7.05. The molecule has 0 bridgehead atoms. The lowest BCUT2D eigenvalue weighted by molar-refractivity contribution is -0.131. The Morgan fingerprint density at radius 3 is 2.28 bits per heavy atom. The molecule has 1 heterocycles. The summed E-state index contributed by atoms with van der Waals surface area (Å²) in [4.78, 5) is 14.6. The number of hydrogen-bond donors (Lipinski definition) is 3. The number of aliphatic hydroxyl groups excluding tert-OH is 1. The maximum Gasteiger partial charge on any atom is 0.294 e. The Labute approximate surface area is 225 Å². The first-order chi connectivity index (χ1) is 18.6. The first-order valence-electron chi connectivity index (χ1n) is 12.4. The lowest BCUT2D eigenvalue weighted by Crippen LogP contribution is -2.55. The average Bonchev–Trinajstić information content (AvgIpc) is 2.92. The molecular weight excluding hydrogens is 521 g/mol. The number of para-hydroxylation sites is 1. The number of hydrogen-bond acceptors (Lipinski definition) is 5. The van der Waals surface area contributed by atoms with E-state index in [4.69, 9.17) is 0 Å². The summed E-state index contributed by atoms with van der Waals surface area (Å²) in [5.41, 5.74) is 2.60. The quantitative estimate of drug-likeness (QED) is 0.194. The standard InChI is InChI=1S/C30H26FNO6S/c31-22-8-4-7-21(16-22)27(33)15-14-26-29(32(30(26)35)23-9-2-1-3-10-23)25-13-12-20(18-28(25)34)19-6-5-11-24(17-19)39(36,37)38/h1-13,16-18,26-27,29,33-34H,14-15H2,(H,36,37,38).